The lowest BCUT2D eigenvalue weighted by Crippen LogP contribution is -2.51. The van der Waals surface area contributed by atoms with E-state index >= 15 is 4.79 Å². The van der Waals surface area contributed by atoms with Gasteiger partial charge in [0.25, 0.3) is 0 Å². The Kier molecular flexibility index (Phi) is 10.9. The van der Waals surface area contributed by atoms with Gasteiger partial charge in [-0.2, -0.15) is 0 Å². The zero-order valence-electron chi connectivity index (χ0n) is 32.5. The smallest absolute Gasteiger partial charge is 0.410 e. The fourth-order valence-electron chi connectivity index (χ4n) is 8.00. The molecule has 2 fully saturated rings. The van der Waals surface area contributed by atoms with Crippen LogP contribution in [0.15, 0.2) is 79.1 Å². The minimum absolute atomic E-state index is 0.0718. The summed E-state index contributed by atoms with van der Waals surface area (Å²) >= 11 is 0. The number of aromatic nitrogens is 2. The summed E-state index contributed by atoms with van der Waals surface area (Å²) in [6.07, 6.45) is 7.50. The van der Waals surface area contributed by atoms with E-state index in [1.54, 1.807) is 26.2 Å². The van der Waals surface area contributed by atoms with Gasteiger partial charge in [-0.25, -0.2) is 4.79 Å². The summed E-state index contributed by atoms with van der Waals surface area (Å²) in [5, 5.41) is 2.30. The number of carbonyl (C=O) groups excluding carboxylic acids is 2. The van der Waals surface area contributed by atoms with Crippen LogP contribution in [0.5, 0.6) is 11.5 Å². The second-order valence-corrected chi connectivity index (χ2v) is 15.8. The van der Waals surface area contributed by atoms with Gasteiger partial charge in [0.1, 0.15) is 17.1 Å². The fourth-order valence-corrected chi connectivity index (χ4v) is 8.00. The van der Waals surface area contributed by atoms with E-state index in [-0.39, 0.29) is 24.0 Å². The highest BCUT2D eigenvalue weighted by Gasteiger charge is 2.43. The summed E-state index contributed by atoms with van der Waals surface area (Å²) in [5.74, 6) is 1.10. The molecule has 1 saturated heterocycles. The SMILES string of the molecule is COCCCn1cc(CN(C(=O)[C@H]2CN(C(=O)OC(C)(C)C)CC[C@@H]2c2ccc3ccn(Cc4cc(OC)cc(OC)c4)c3c2)C2CC2)c2ccccc21. The third-order valence-corrected chi connectivity index (χ3v) is 10.8. The minimum atomic E-state index is -0.631. The van der Waals surface area contributed by atoms with Crippen molar-refractivity contribution in [1.82, 2.24) is 18.9 Å². The van der Waals surface area contributed by atoms with Crippen molar-refractivity contribution in [2.24, 2.45) is 5.92 Å². The maximum atomic E-state index is 15.1. The molecule has 1 saturated carbocycles. The molecule has 1 aliphatic carbocycles. The first-order valence-corrected chi connectivity index (χ1v) is 19.2. The van der Waals surface area contributed by atoms with Gasteiger partial charge in [0.2, 0.25) is 5.91 Å². The molecule has 286 valence electrons. The van der Waals surface area contributed by atoms with Gasteiger partial charge in [-0.1, -0.05) is 30.3 Å². The van der Waals surface area contributed by atoms with Gasteiger partial charge in [0.15, 0.2) is 0 Å². The van der Waals surface area contributed by atoms with Crippen molar-refractivity contribution >= 4 is 33.8 Å². The number of para-hydroxylation sites is 1. The number of benzene rings is 3. The molecular formula is C44H54N4O6. The van der Waals surface area contributed by atoms with Crippen molar-refractivity contribution in [2.75, 3.05) is 41.0 Å². The Morgan fingerprint density at radius 1 is 0.870 bits per heavy atom. The number of piperidine rings is 1. The summed E-state index contributed by atoms with van der Waals surface area (Å²) in [5.41, 5.74) is 4.95. The number of hydrogen-bond acceptors (Lipinski definition) is 6. The maximum Gasteiger partial charge on any atom is 0.410 e. The average Bonchev–Trinajstić information content (AvgIpc) is 3.85. The predicted octanol–water partition coefficient (Wildman–Crippen LogP) is 8.23. The van der Waals surface area contributed by atoms with Crippen LogP contribution in [0.1, 0.15) is 69.1 Å². The number of aryl methyl sites for hydroxylation is 1. The minimum Gasteiger partial charge on any atom is -0.497 e. The Bertz CT molecular complexity index is 2080. The van der Waals surface area contributed by atoms with Crippen LogP contribution in [0, 0.1) is 5.92 Å². The molecule has 1 aliphatic heterocycles. The summed E-state index contributed by atoms with van der Waals surface area (Å²) in [4.78, 5) is 32.4. The number of amides is 2. The third-order valence-electron chi connectivity index (χ3n) is 10.8. The first-order chi connectivity index (χ1) is 26.0. The first-order valence-electron chi connectivity index (χ1n) is 19.2. The molecule has 54 heavy (non-hydrogen) atoms. The van der Waals surface area contributed by atoms with E-state index in [0.717, 1.165) is 64.9 Å². The van der Waals surface area contributed by atoms with Crippen LogP contribution < -0.4 is 9.47 Å². The molecule has 2 atom stereocenters. The monoisotopic (exact) mass is 734 g/mol. The van der Waals surface area contributed by atoms with Gasteiger partial charge in [0, 0.05) is 87.4 Å². The number of likely N-dealkylation sites (tertiary alicyclic amines) is 1. The van der Waals surface area contributed by atoms with Crippen molar-refractivity contribution in [1.29, 1.82) is 0 Å². The van der Waals surface area contributed by atoms with E-state index in [9.17, 15) is 4.79 Å². The van der Waals surface area contributed by atoms with Gasteiger partial charge in [0.05, 0.1) is 20.1 Å². The van der Waals surface area contributed by atoms with E-state index in [2.05, 4.69) is 75.0 Å². The van der Waals surface area contributed by atoms with Gasteiger partial charge in [-0.15, -0.1) is 0 Å². The van der Waals surface area contributed by atoms with Gasteiger partial charge in [-0.05, 0) is 105 Å². The van der Waals surface area contributed by atoms with Crippen LogP contribution in [0.4, 0.5) is 4.79 Å². The standard InChI is InChI=1S/C44H54N4O6/c1-44(2,3)54-43(50)47-20-17-37(32-13-12-31-16-19-46(41(31)24-32)26-30-22-35(52-5)25-36(23-30)53-6)39(29-47)42(49)48(34-14-15-34)28-33-27-45(18-9-21-51-4)40-11-8-7-10-38(33)40/h7-8,10-13,16,19,22-25,27,34,37,39H,9,14-15,17-18,20-21,26,28-29H2,1-6H3/t37-,39+/m1/s1. The lowest BCUT2D eigenvalue weighted by Gasteiger charge is -2.40. The van der Waals surface area contributed by atoms with Crippen LogP contribution >= 0.6 is 0 Å². The third kappa shape index (κ3) is 8.23. The summed E-state index contributed by atoms with van der Waals surface area (Å²) < 4.78 is 26.8. The second kappa shape index (κ2) is 15.8. The normalized spacial score (nSPS) is 17.6. The highest BCUT2D eigenvalue weighted by Crippen LogP contribution is 2.40. The molecule has 5 aromatic rings. The Labute approximate surface area is 318 Å². The molecule has 0 bridgehead atoms. The zero-order valence-corrected chi connectivity index (χ0v) is 32.5. The molecule has 3 aromatic carbocycles. The summed E-state index contributed by atoms with van der Waals surface area (Å²) in [6, 6.07) is 23.3. The van der Waals surface area contributed by atoms with Crippen LogP contribution in [0.3, 0.4) is 0 Å². The molecule has 2 amide bonds. The molecule has 0 radical (unpaired) electrons. The summed E-state index contributed by atoms with van der Waals surface area (Å²) in [6.45, 7) is 9.17. The fraction of sp³-hybridized carbons (Fsp3) is 0.455. The highest BCUT2D eigenvalue weighted by molar-refractivity contribution is 5.87. The molecule has 7 rings (SSSR count). The van der Waals surface area contributed by atoms with Crippen molar-refractivity contribution in [2.45, 2.75) is 83.6 Å². The number of nitrogens with zero attached hydrogens (tertiary/aromatic N) is 4. The number of ether oxygens (including phenoxy) is 4. The lowest BCUT2D eigenvalue weighted by molar-refractivity contribution is -0.139. The quantitative estimate of drug-likeness (QED) is 0.113. The van der Waals surface area contributed by atoms with E-state index in [4.69, 9.17) is 18.9 Å². The Balaban J connectivity index is 1.21. The topological polar surface area (TPSA) is 87.4 Å². The van der Waals surface area contributed by atoms with Crippen molar-refractivity contribution in [3.63, 3.8) is 0 Å². The van der Waals surface area contributed by atoms with Crippen LogP contribution in [-0.4, -0.2) is 83.6 Å². The van der Waals surface area contributed by atoms with Crippen LogP contribution in [-0.2, 0) is 33.9 Å². The predicted molar refractivity (Wildman–Crippen MR) is 211 cm³/mol. The number of rotatable bonds is 13. The molecular weight excluding hydrogens is 681 g/mol. The maximum absolute atomic E-state index is 15.1. The van der Waals surface area contributed by atoms with Crippen molar-refractivity contribution in [3.8, 4) is 11.5 Å². The number of carbonyl (C=O) groups is 2. The number of methoxy groups -OCH3 is 3. The van der Waals surface area contributed by atoms with Crippen LogP contribution in [0.2, 0.25) is 0 Å². The van der Waals surface area contributed by atoms with Crippen molar-refractivity contribution in [3.05, 3.63) is 95.8 Å². The van der Waals surface area contributed by atoms with E-state index in [0.29, 0.717) is 39.2 Å². The summed E-state index contributed by atoms with van der Waals surface area (Å²) in [7, 11) is 5.06. The molecule has 3 heterocycles. The number of fused-ring (bicyclic) bond motifs is 2. The first kappa shape index (κ1) is 37.4. The van der Waals surface area contributed by atoms with Gasteiger partial charge >= 0.3 is 6.09 Å². The Morgan fingerprint density at radius 2 is 1.63 bits per heavy atom. The Morgan fingerprint density at radius 3 is 2.33 bits per heavy atom. The Hall–Kier alpha value is -4.96. The van der Waals surface area contributed by atoms with Gasteiger partial charge in [-0.3, -0.25) is 4.79 Å². The molecule has 2 aromatic heterocycles. The van der Waals surface area contributed by atoms with E-state index < -0.39 is 11.5 Å². The zero-order chi connectivity index (χ0) is 38.0. The molecule has 10 nitrogen and oxygen atoms in total. The van der Waals surface area contributed by atoms with E-state index in [1.165, 1.54) is 10.9 Å². The molecule has 2 aliphatic rings. The van der Waals surface area contributed by atoms with Gasteiger partial charge < -0.3 is 37.9 Å². The number of hydrogen-bond donors (Lipinski definition) is 0. The average molecular weight is 735 g/mol. The van der Waals surface area contributed by atoms with Crippen molar-refractivity contribution < 1.29 is 28.5 Å². The second-order valence-electron chi connectivity index (χ2n) is 15.8. The highest BCUT2D eigenvalue weighted by atomic mass is 16.6. The molecule has 0 unspecified atom stereocenters. The lowest BCUT2D eigenvalue weighted by atomic mass is 9.79. The largest absolute Gasteiger partial charge is 0.497 e. The van der Waals surface area contributed by atoms with E-state index in [1.807, 2.05) is 39.0 Å². The molecule has 0 N–H and O–H groups in total. The molecule has 0 spiro atoms. The van der Waals surface area contributed by atoms with Crippen LogP contribution in [0.25, 0.3) is 21.8 Å². The molecule has 10 heteroatoms.